The van der Waals surface area contributed by atoms with E-state index in [1.165, 1.54) is 14.2 Å². The van der Waals surface area contributed by atoms with Crippen molar-refractivity contribution in [3.63, 3.8) is 0 Å². The highest BCUT2D eigenvalue weighted by Crippen LogP contribution is 2.29. The number of carbonyl (C=O) groups is 3. The Kier molecular flexibility index (Phi) is 9.81. The molecule has 9 heteroatoms. The number of methoxy groups -OCH3 is 2. The number of hydrogen-bond acceptors (Lipinski definition) is 6. The van der Waals surface area contributed by atoms with Crippen molar-refractivity contribution in [1.82, 2.24) is 4.90 Å². The normalized spacial score (nSPS) is 20.8. The molecule has 210 valence electrons. The summed E-state index contributed by atoms with van der Waals surface area (Å²) in [6.45, 7) is 3.16. The number of carbonyl (C=O) groups excluding carboxylic acids is 3. The van der Waals surface area contributed by atoms with Gasteiger partial charge in [0.1, 0.15) is 5.75 Å². The van der Waals surface area contributed by atoms with E-state index >= 15 is 0 Å². The van der Waals surface area contributed by atoms with Crippen molar-refractivity contribution in [2.75, 3.05) is 38.0 Å². The van der Waals surface area contributed by atoms with Gasteiger partial charge in [-0.15, -0.1) is 0 Å². The first-order valence-corrected chi connectivity index (χ1v) is 13.7. The van der Waals surface area contributed by atoms with Crippen molar-refractivity contribution in [2.24, 2.45) is 5.92 Å². The topological polar surface area (TPSA) is 106 Å². The van der Waals surface area contributed by atoms with Crippen molar-refractivity contribution < 1.29 is 28.6 Å². The molecule has 0 aromatic heterocycles. The Morgan fingerprint density at radius 2 is 1.69 bits per heavy atom. The van der Waals surface area contributed by atoms with Crippen molar-refractivity contribution in [3.05, 3.63) is 53.6 Å². The van der Waals surface area contributed by atoms with Gasteiger partial charge in [0.15, 0.2) is 0 Å². The first kappa shape index (κ1) is 28.4. The van der Waals surface area contributed by atoms with Crippen molar-refractivity contribution in [3.8, 4) is 5.75 Å². The highest BCUT2D eigenvalue weighted by atomic mass is 16.5. The summed E-state index contributed by atoms with van der Waals surface area (Å²) in [5.41, 5.74) is 3.03. The van der Waals surface area contributed by atoms with E-state index in [0.29, 0.717) is 18.0 Å². The molecular formula is C30H39N3O6. The largest absolute Gasteiger partial charge is 0.495 e. The highest BCUT2D eigenvalue weighted by Gasteiger charge is 2.32. The summed E-state index contributed by atoms with van der Waals surface area (Å²) in [5, 5.41) is 5.67. The molecule has 2 N–H and O–H groups in total. The number of nitrogens with zero attached hydrogens (tertiary/aromatic N) is 1. The van der Waals surface area contributed by atoms with E-state index in [1.807, 2.05) is 42.2 Å². The highest BCUT2D eigenvalue weighted by molar-refractivity contribution is 6.01. The van der Waals surface area contributed by atoms with E-state index in [9.17, 15) is 14.4 Å². The van der Waals surface area contributed by atoms with Gasteiger partial charge in [0.05, 0.1) is 51.0 Å². The maximum absolute atomic E-state index is 13.2. The summed E-state index contributed by atoms with van der Waals surface area (Å²) in [5.74, 6) is 0.382. The van der Waals surface area contributed by atoms with Crippen LogP contribution in [0.5, 0.6) is 5.75 Å². The molecule has 1 saturated carbocycles. The van der Waals surface area contributed by atoms with Gasteiger partial charge in [-0.25, -0.2) is 4.79 Å². The molecule has 1 aliphatic heterocycles. The number of urea groups is 1. The summed E-state index contributed by atoms with van der Waals surface area (Å²) in [4.78, 5) is 39.4. The lowest BCUT2D eigenvalue weighted by atomic mass is 9.87. The van der Waals surface area contributed by atoms with Gasteiger partial charge in [-0.3, -0.25) is 9.59 Å². The molecule has 1 saturated heterocycles. The molecule has 1 heterocycles. The third-order valence-electron chi connectivity index (χ3n) is 7.69. The minimum Gasteiger partial charge on any atom is -0.495 e. The van der Waals surface area contributed by atoms with Gasteiger partial charge in [-0.05, 0) is 74.8 Å². The third-order valence-corrected chi connectivity index (χ3v) is 7.69. The molecule has 4 rings (SSSR count). The SMILES string of the molecule is COC(=O)C1CCC(OC[C@@H]2CCCN2C(=O)Cc2ccc(NC(=O)Nc3ccccc3C)c(OC)c2)CC1. The first-order chi connectivity index (χ1) is 18.9. The van der Waals surface area contributed by atoms with Crippen LogP contribution in [0.3, 0.4) is 0 Å². The summed E-state index contributed by atoms with van der Waals surface area (Å²) >= 11 is 0. The number of benzene rings is 2. The number of nitrogens with one attached hydrogen (secondary N) is 2. The molecule has 9 nitrogen and oxygen atoms in total. The molecule has 39 heavy (non-hydrogen) atoms. The Morgan fingerprint density at radius 3 is 2.41 bits per heavy atom. The second-order valence-electron chi connectivity index (χ2n) is 10.3. The second kappa shape index (κ2) is 13.5. The molecule has 0 spiro atoms. The molecule has 2 aromatic carbocycles. The Bertz CT molecular complexity index is 1160. The number of ether oxygens (including phenoxy) is 3. The van der Waals surface area contributed by atoms with Crippen LogP contribution in [0.15, 0.2) is 42.5 Å². The number of amides is 3. The van der Waals surface area contributed by atoms with E-state index in [-0.39, 0.29) is 42.4 Å². The maximum Gasteiger partial charge on any atom is 0.323 e. The van der Waals surface area contributed by atoms with E-state index < -0.39 is 0 Å². The fourth-order valence-corrected chi connectivity index (χ4v) is 5.43. The van der Waals surface area contributed by atoms with E-state index in [2.05, 4.69) is 10.6 Å². The van der Waals surface area contributed by atoms with Gasteiger partial charge in [-0.1, -0.05) is 24.3 Å². The minimum absolute atomic E-state index is 0.0274. The lowest BCUT2D eigenvalue weighted by molar-refractivity contribution is -0.148. The Hall–Kier alpha value is -3.59. The van der Waals surface area contributed by atoms with Crippen LogP contribution in [-0.2, 0) is 25.5 Å². The number of hydrogen-bond donors (Lipinski definition) is 2. The predicted octanol–water partition coefficient (Wildman–Crippen LogP) is 4.93. The number of anilines is 2. The standard InChI is InChI=1S/C30H39N3O6/c1-20-7-4-5-9-25(20)31-30(36)32-26-15-10-21(17-27(26)37-2)18-28(34)33-16-6-8-23(33)19-39-24-13-11-22(12-14-24)29(35)38-3/h4-5,7,9-10,15,17,22-24H,6,8,11-14,16,18-19H2,1-3H3,(H2,31,32,36)/t22?,23-,24?/m0/s1. The number of aryl methyl sites for hydroxylation is 1. The zero-order chi connectivity index (χ0) is 27.8. The average Bonchev–Trinajstić information content (AvgIpc) is 3.43. The van der Waals surface area contributed by atoms with Crippen molar-refractivity contribution in [1.29, 1.82) is 0 Å². The zero-order valence-corrected chi connectivity index (χ0v) is 23.0. The van der Waals surface area contributed by atoms with Crippen LogP contribution in [0.2, 0.25) is 0 Å². The van der Waals surface area contributed by atoms with Crippen molar-refractivity contribution in [2.45, 2.75) is 64.0 Å². The average molecular weight is 538 g/mol. The molecule has 2 fully saturated rings. The van der Waals surface area contributed by atoms with Crippen molar-refractivity contribution >= 4 is 29.3 Å². The molecule has 3 amide bonds. The Balaban J connectivity index is 1.29. The van der Waals surface area contributed by atoms with Gasteiger partial charge in [0, 0.05) is 12.2 Å². The summed E-state index contributed by atoms with van der Waals surface area (Å²) in [6.07, 6.45) is 5.48. The number of esters is 1. The zero-order valence-electron chi connectivity index (χ0n) is 23.0. The molecule has 2 aliphatic rings. The second-order valence-corrected chi connectivity index (χ2v) is 10.3. The first-order valence-electron chi connectivity index (χ1n) is 13.7. The fraction of sp³-hybridized carbons (Fsp3) is 0.500. The van der Waals surface area contributed by atoms with Crippen LogP contribution in [0, 0.1) is 12.8 Å². The minimum atomic E-state index is -0.370. The summed E-state index contributed by atoms with van der Waals surface area (Å²) in [6, 6.07) is 12.6. The van der Waals surface area contributed by atoms with Gasteiger partial charge in [0.25, 0.3) is 0 Å². The molecule has 0 unspecified atom stereocenters. The fourth-order valence-electron chi connectivity index (χ4n) is 5.43. The molecule has 2 aromatic rings. The monoisotopic (exact) mass is 537 g/mol. The maximum atomic E-state index is 13.2. The number of rotatable bonds is 9. The molecule has 1 atom stereocenters. The Labute approximate surface area is 230 Å². The van der Waals surface area contributed by atoms with E-state index in [4.69, 9.17) is 14.2 Å². The van der Waals surface area contributed by atoms with Gasteiger partial charge in [-0.2, -0.15) is 0 Å². The molecule has 0 radical (unpaired) electrons. The third kappa shape index (κ3) is 7.50. The Morgan fingerprint density at radius 1 is 0.949 bits per heavy atom. The van der Waals surface area contributed by atoms with Crippen LogP contribution >= 0.6 is 0 Å². The lowest BCUT2D eigenvalue weighted by Crippen LogP contribution is -2.40. The summed E-state index contributed by atoms with van der Waals surface area (Å²) < 4.78 is 16.6. The van der Waals surface area contributed by atoms with Crippen LogP contribution < -0.4 is 15.4 Å². The van der Waals surface area contributed by atoms with Crippen LogP contribution in [-0.4, -0.2) is 62.3 Å². The lowest BCUT2D eigenvalue weighted by Gasteiger charge is -2.30. The van der Waals surface area contributed by atoms with E-state index in [0.717, 1.165) is 61.9 Å². The smallest absolute Gasteiger partial charge is 0.323 e. The number of likely N-dealkylation sites (tertiary alicyclic amines) is 1. The quantitative estimate of drug-likeness (QED) is 0.440. The molecule has 1 aliphatic carbocycles. The van der Waals surface area contributed by atoms with Gasteiger partial charge < -0.3 is 29.7 Å². The van der Waals surface area contributed by atoms with Crippen LogP contribution in [0.25, 0.3) is 0 Å². The van der Waals surface area contributed by atoms with Gasteiger partial charge >= 0.3 is 12.0 Å². The van der Waals surface area contributed by atoms with Crippen LogP contribution in [0.1, 0.15) is 49.7 Å². The predicted molar refractivity (Wildman–Crippen MR) is 149 cm³/mol. The van der Waals surface area contributed by atoms with Crippen LogP contribution in [0.4, 0.5) is 16.2 Å². The summed E-state index contributed by atoms with van der Waals surface area (Å²) in [7, 11) is 2.97. The number of para-hydroxylation sites is 1. The molecular weight excluding hydrogens is 498 g/mol. The van der Waals surface area contributed by atoms with Gasteiger partial charge in [0.2, 0.25) is 5.91 Å². The molecule has 0 bridgehead atoms. The van der Waals surface area contributed by atoms with E-state index in [1.54, 1.807) is 12.1 Å².